The molecule has 0 atom stereocenters. The summed E-state index contributed by atoms with van der Waals surface area (Å²) in [5.74, 6) is 1.62. The summed E-state index contributed by atoms with van der Waals surface area (Å²) in [6, 6.07) is 5.73. The molecule has 2 aromatic rings. The van der Waals surface area contributed by atoms with E-state index in [1.165, 1.54) is 25.9 Å². The van der Waals surface area contributed by atoms with Crippen LogP contribution in [-0.2, 0) is 0 Å². The molecule has 0 unspecified atom stereocenters. The third-order valence-corrected chi connectivity index (χ3v) is 4.17. The summed E-state index contributed by atoms with van der Waals surface area (Å²) in [5, 5.41) is 4.03. The molecule has 22 heavy (non-hydrogen) atoms. The first-order valence-corrected chi connectivity index (χ1v) is 7.83. The molecule has 1 aliphatic rings. The molecule has 0 radical (unpaired) electrons. The quantitative estimate of drug-likeness (QED) is 0.860. The summed E-state index contributed by atoms with van der Waals surface area (Å²) < 4.78 is 11.3. The van der Waals surface area contributed by atoms with Crippen molar-refractivity contribution in [1.29, 1.82) is 0 Å². The first-order chi connectivity index (χ1) is 10.6. The lowest BCUT2D eigenvalue weighted by molar-refractivity contribution is 0.238. The van der Waals surface area contributed by atoms with Gasteiger partial charge in [-0.3, -0.25) is 4.90 Å². The second-order valence-electron chi connectivity index (χ2n) is 5.85. The smallest absolute Gasteiger partial charge is 0.141 e. The highest BCUT2D eigenvalue weighted by atomic mass is 16.5. The molecule has 2 N–H and O–H groups in total. The number of ether oxygens (including phenoxy) is 1. The fraction of sp³-hybridized carbons (Fsp3) is 0.471. The third kappa shape index (κ3) is 3.09. The fourth-order valence-corrected chi connectivity index (χ4v) is 3.03. The van der Waals surface area contributed by atoms with E-state index in [1.807, 2.05) is 32.0 Å². The zero-order valence-corrected chi connectivity index (χ0v) is 13.3. The number of benzene rings is 1. The summed E-state index contributed by atoms with van der Waals surface area (Å²) >= 11 is 0. The van der Waals surface area contributed by atoms with Gasteiger partial charge in [-0.2, -0.15) is 0 Å². The van der Waals surface area contributed by atoms with E-state index in [-0.39, 0.29) is 0 Å². The Hall–Kier alpha value is -2.01. The Morgan fingerprint density at radius 1 is 1.27 bits per heavy atom. The van der Waals surface area contributed by atoms with Crippen molar-refractivity contribution in [2.75, 3.05) is 32.0 Å². The van der Waals surface area contributed by atoms with E-state index in [0.717, 1.165) is 34.9 Å². The van der Waals surface area contributed by atoms with Gasteiger partial charge < -0.3 is 15.0 Å². The molecule has 5 nitrogen and oxygen atoms in total. The standard InChI is InChI=1S/C17H23N3O2/c1-12-17(13(2)22-19-12)15-11-14(18)5-6-16(15)21-10-9-20-7-3-4-8-20/h5-6,11H,3-4,7-10,18H2,1-2H3. The second kappa shape index (κ2) is 6.40. The number of hydrogen-bond acceptors (Lipinski definition) is 5. The minimum absolute atomic E-state index is 0.681. The van der Waals surface area contributed by atoms with Crippen molar-refractivity contribution in [3.8, 4) is 16.9 Å². The van der Waals surface area contributed by atoms with Crippen LogP contribution in [0.5, 0.6) is 5.75 Å². The Morgan fingerprint density at radius 2 is 2.05 bits per heavy atom. The molecule has 1 aliphatic heterocycles. The van der Waals surface area contributed by atoms with Gasteiger partial charge in [0.05, 0.1) is 11.3 Å². The van der Waals surface area contributed by atoms with E-state index >= 15 is 0 Å². The number of hydrogen-bond donors (Lipinski definition) is 1. The number of aromatic nitrogens is 1. The maximum atomic E-state index is 6.02. The van der Waals surface area contributed by atoms with Crippen molar-refractivity contribution in [3.05, 3.63) is 29.7 Å². The molecule has 118 valence electrons. The Labute approximate surface area is 131 Å². The molecule has 0 saturated carbocycles. The van der Waals surface area contributed by atoms with Gasteiger partial charge in [-0.05, 0) is 58.0 Å². The van der Waals surface area contributed by atoms with Crippen molar-refractivity contribution in [3.63, 3.8) is 0 Å². The average Bonchev–Trinajstić information content (AvgIpc) is 3.11. The Morgan fingerprint density at radius 3 is 2.73 bits per heavy atom. The van der Waals surface area contributed by atoms with Crippen molar-refractivity contribution in [1.82, 2.24) is 10.1 Å². The van der Waals surface area contributed by atoms with E-state index < -0.39 is 0 Å². The summed E-state index contributed by atoms with van der Waals surface area (Å²) in [6.07, 6.45) is 2.60. The lowest BCUT2D eigenvalue weighted by Gasteiger charge is -2.17. The number of likely N-dealkylation sites (tertiary alicyclic amines) is 1. The maximum absolute atomic E-state index is 6.02. The normalized spacial score (nSPS) is 15.4. The van der Waals surface area contributed by atoms with E-state index in [9.17, 15) is 0 Å². The van der Waals surface area contributed by atoms with E-state index in [2.05, 4.69) is 10.1 Å². The van der Waals surface area contributed by atoms with Gasteiger partial charge in [0.2, 0.25) is 0 Å². The van der Waals surface area contributed by atoms with Crippen LogP contribution in [0.3, 0.4) is 0 Å². The zero-order valence-electron chi connectivity index (χ0n) is 13.3. The molecule has 0 spiro atoms. The molecule has 1 saturated heterocycles. The van der Waals surface area contributed by atoms with Gasteiger partial charge in [0.1, 0.15) is 18.1 Å². The van der Waals surface area contributed by atoms with Gasteiger partial charge in [0.25, 0.3) is 0 Å². The first-order valence-electron chi connectivity index (χ1n) is 7.83. The van der Waals surface area contributed by atoms with Gasteiger partial charge in [-0.25, -0.2) is 0 Å². The molecule has 1 fully saturated rings. The van der Waals surface area contributed by atoms with Crippen LogP contribution in [0.15, 0.2) is 22.7 Å². The predicted molar refractivity (Wildman–Crippen MR) is 87.0 cm³/mol. The van der Waals surface area contributed by atoms with E-state index in [0.29, 0.717) is 12.3 Å². The number of rotatable bonds is 5. The average molecular weight is 301 g/mol. The lowest BCUT2D eigenvalue weighted by Crippen LogP contribution is -2.25. The van der Waals surface area contributed by atoms with Gasteiger partial charge in [0.15, 0.2) is 0 Å². The van der Waals surface area contributed by atoms with Crippen molar-refractivity contribution in [2.24, 2.45) is 0 Å². The highest BCUT2D eigenvalue weighted by Gasteiger charge is 2.17. The van der Waals surface area contributed by atoms with Crippen LogP contribution in [0.4, 0.5) is 5.69 Å². The van der Waals surface area contributed by atoms with Crippen molar-refractivity contribution in [2.45, 2.75) is 26.7 Å². The topological polar surface area (TPSA) is 64.5 Å². The van der Waals surface area contributed by atoms with Crippen LogP contribution < -0.4 is 10.5 Å². The number of nitrogens with two attached hydrogens (primary N) is 1. The molecule has 5 heteroatoms. The highest BCUT2D eigenvalue weighted by Crippen LogP contribution is 2.36. The largest absolute Gasteiger partial charge is 0.492 e. The number of anilines is 1. The van der Waals surface area contributed by atoms with Gasteiger partial charge >= 0.3 is 0 Å². The fourth-order valence-electron chi connectivity index (χ4n) is 3.03. The van der Waals surface area contributed by atoms with E-state index in [4.69, 9.17) is 15.0 Å². The van der Waals surface area contributed by atoms with Gasteiger partial charge in [0, 0.05) is 17.8 Å². The van der Waals surface area contributed by atoms with Crippen LogP contribution in [0.25, 0.3) is 11.1 Å². The molecule has 3 rings (SSSR count). The summed E-state index contributed by atoms with van der Waals surface area (Å²) in [7, 11) is 0. The molecule has 0 aliphatic carbocycles. The number of nitrogen functional groups attached to an aromatic ring is 1. The molecule has 0 bridgehead atoms. The number of aryl methyl sites for hydroxylation is 2. The second-order valence-corrected chi connectivity index (χ2v) is 5.85. The minimum atomic E-state index is 0.681. The summed E-state index contributed by atoms with van der Waals surface area (Å²) in [6.45, 7) is 7.85. The van der Waals surface area contributed by atoms with Crippen LogP contribution in [0.1, 0.15) is 24.3 Å². The van der Waals surface area contributed by atoms with Gasteiger partial charge in [-0.1, -0.05) is 5.16 Å². The third-order valence-electron chi connectivity index (χ3n) is 4.17. The number of nitrogens with zero attached hydrogens (tertiary/aromatic N) is 2. The maximum Gasteiger partial charge on any atom is 0.141 e. The molecule has 2 heterocycles. The van der Waals surface area contributed by atoms with Crippen LogP contribution in [0.2, 0.25) is 0 Å². The first kappa shape index (κ1) is 14.9. The van der Waals surface area contributed by atoms with Crippen LogP contribution in [-0.4, -0.2) is 36.3 Å². The van der Waals surface area contributed by atoms with Crippen LogP contribution in [0, 0.1) is 13.8 Å². The minimum Gasteiger partial charge on any atom is -0.492 e. The van der Waals surface area contributed by atoms with Crippen LogP contribution >= 0.6 is 0 Å². The molecular weight excluding hydrogens is 278 g/mol. The SMILES string of the molecule is Cc1noc(C)c1-c1cc(N)ccc1OCCN1CCCC1. The summed E-state index contributed by atoms with van der Waals surface area (Å²) in [5.41, 5.74) is 9.44. The lowest BCUT2D eigenvalue weighted by atomic mass is 10.0. The molecule has 0 amide bonds. The Bertz CT molecular complexity index is 626. The van der Waals surface area contributed by atoms with Gasteiger partial charge in [-0.15, -0.1) is 0 Å². The Balaban J connectivity index is 1.79. The van der Waals surface area contributed by atoms with E-state index in [1.54, 1.807) is 0 Å². The Kier molecular flexibility index (Phi) is 4.34. The predicted octanol–water partition coefficient (Wildman–Crippen LogP) is 3.02. The zero-order chi connectivity index (χ0) is 15.5. The van der Waals surface area contributed by atoms with Crippen molar-refractivity contribution >= 4 is 5.69 Å². The summed E-state index contributed by atoms with van der Waals surface area (Å²) in [4.78, 5) is 2.44. The molecule has 1 aromatic heterocycles. The molecule has 1 aromatic carbocycles. The molecular formula is C17H23N3O2. The highest BCUT2D eigenvalue weighted by molar-refractivity contribution is 5.76. The van der Waals surface area contributed by atoms with Crippen molar-refractivity contribution < 1.29 is 9.26 Å². The monoisotopic (exact) mass is 301 g/mol.